The highest BCUT2D eigenvalue weighted by molar-refractivity contribution is 8.00. The van der Waals surface area contributed by atoms with Crippen LogP contribution in [0.15, 0.2) is 24.3 Å². The number of hydrogen-bond acceptors (Lipinski definition) is 2. The van der Waals surface area contributed by atoms with Crippen LogP contribution in [0.25, 0.3) is 0 Å². The molecule has 0 fully saturated rings. The fourth-order valence-electron chi connectivity index (χ4n) is 1.55. The summed E-state index contributed by atoms with van der Waals surface area (Å²) in [4.78, 5) is 0. The lowest BCUT2D eigenvalue weighted by atomic mass is 10.1. The molecule has 0 saturated heterocycles. The first-order chi connectivity index (χ1) is 7.91. The second-order valence-electron chi connectivity index (χ2n) is 4.92. The number of benzene rings is 1. The van der Waals surface area contributed by atoms with Crippen molar-refractivity contribution in [2.24, 2.45) is 11.7 Å². The van der Waals surface area contributed by atoms with Crippen LogP contribution >= 0.6 is 23.4 Å². The Hall–Kier alpha value is -0.180. The van der Waals surface area contributed by atoms with Crippen molar-refractivity contribution in [2.75, 3.05) is 0 Å². The number of nitrogens with two attached hydrogens (primary N) is 1. The van der Waals surface area contributed by atoms with Crippen LogP contribution in [0.1, 0.15) is 38.5 Å². The molecule has 3 unspecified atom stereocenters. The van der Waals surface area contributed by atoms with Crippen molar-refractivity contribution >= 4 is 23.4 Å². The van der Waals surface area contributed by atoms with Crippen LogP contribution in [0.3, 0.4) is 0 Å². The van der Waals surface area contributed by atoms with Crippen LogP contribution in [-0.2, 0) is 0 Å². The molecule has 1 aromatic rings. The number of rotatable bonds is 5. The summed E-state index contributed by atoms with van der Waals surface area (Å²) in [5.74, 6) is 0.661. The Balaban J connectivity index is 2.82. The topological polar surface area (TPSA) is 26.0 Å². The molecular weight excluding hydrogens is 250 g/mol. The summed E-state index contributed by atoms with van der Waals surface area (Å²) in [6, 6.07) is 8.18. The monoisotopic (exact) mass is 271 g/mol. The summed E-state index contributed by atoms with van der Waals surface area (Å²) in [5, 5.41) is 1.71. The number of hydrogen-bond donors (Lipinski definition) is 1. The van der Waals surface area contributed by atoms with Gasteiger partial charge in [0.05, 0.1) is 0 Å². The van der Waals surface area contributed by atoms with Gasteiger partial charge in [0.25, 0.3) is 0 Å². The third-order valence-corrected chi connectivity index (χ3v) is 5.20. The highest BCUT2D eigenvalue weighted by atomic mass is 35.5. The van der Waals surface area contributed by atoms with Crippen molar-refractivity contribution in [3.8, 4) is 0 Å². The molecule has 0 bridgehead atoms. The Labute approximate surface area is 114 Å². The lowest BCUT2D eigenvalue weighted by molar-refractivity contribution is 0.631. The predicted molar refractivity (Wildman–Crippen MR) is 79.7 cm³/mol. The average Bonchev–Trinajstić information content (AvgIpc) is 2.26. The fraction of sp³-hybridized carbons (Fsp3) is 0.571. The maximum Gasteiger partial charge on any atom is 0.0448 e. The Bertz CT molecular complexity index is 335. The number of halogens is 1. The van der Waals surface area contributed by atoms with E-state index in [0.29, 0.717) is 16.4 Å². The van der Waals surface area contributed by atoms with Gasteiger partial charge in [-0.25, -0.2) is 0 Å². The normalized spacial score (nSPS) is 16.9. The fourth-order valence-corrected chi connectivity index (χ4v) is 3.01. The quantitative estimate of drug-likeness (QED) is 0.853. The van der Waals surface area contributed by atoms with E-state index < -0.39 is 0 Å². The van der Waals surface area contributed by atoms with Gasteiger partial charge in [0.1, 0.15) is 0 Å². The average molecular weight is 272 g/mol. The minimum absolute atomic E-state index is 0.141. The Morgan fingerprint density at radius 1 is 1.06 bits per heavy atom. The summed E-state index contributed by atoms with van der Waals surface area (Å²) < 4.78 is 0. The van der Waals surface area contributed by atoms with Gasteiger partial charge in [0, 0.05) is 21.6 Å². The van der Waals surface area contributed by atoms with Gasteiger partial charge in [-0.3, -0.25) is 0 Å². The standard InChI is InChI=1S/C14H22ClNS/c1-9(2)11(4)17-14(10(3)16)12-5-7-13(15)8-6-12/h5-11,14H,16H2,1-4H3. The van der Waals surface area contributed by atoms with Crippen LogP contribution in [0.5, 0.6) is 0 Å². The summed E-state index contributed by atoms with van der Waals surface area (Å²) in [6.07, 6.45) is 0. The maximum atomic E-state index is 6.10. The van der Waals surface area contributed by atoms with E-state index in [2.05, 4.69) is 39.8 Å². The van der Waals surface area contributed by atoms with E-state index in [1.807, 2.05) is 23.9 Å². The van der Waals surface area contributed by atoms with Crippen molar-refractivity contribution < 1.29 is 0 Å². The predicted octanol–water partition coefficient (Wildman–Crippen LogP) is 4.51. The molecule has 0 saturated carbocycles. The second-order valence-corrected chi connectivity index (χ2v) is 6.88. The highest BCUT2D eigenvalue weighted by Crippen LogP contribution is 2.37. The molecule has 0 spiro atoms. The van der Waals surface area contributed by atoms with E-state index >= 15 is 0 Å². The Morgan fingerprint density at radius 3 is 2.00 bits per heavy atom. The first-order valence-electron chi connectivity index (χ1n) is 6.08. The summed E-state index contributed by atoms with van der Waals surface area (Å²) >= 11 is 7.87. The van der Waals surface area contributed by atoms with Gasteiger partial charge in [-0.05, 0) is 30.5 Å². The Kier molecular flexibility index (Phi) is 5.84. The smallest absolute Gasteiger partial charge is 0.0448 e. The maximum absolute atomic E-state index is 6.10. The molecule has 3 atom stereocenters. The van der Waals surface area contributed by atoms with E-state index in [0.717, 1.165) is 5.02 Å². The molecule has 1 aromatic carbocycles. The third kappa shape index (κ3) is 4.53. The van der Waals surface area contributed by atoms with Gasteiger partial charge >= 0.3 is 0 Å². The molecule has 0 aliphatic heterocycles. The minimum Gasteiger partial charge on any atom is -0.327 e. The van der Waals surface area contributed by atoms with Crippen molar-refractivity contribution in [2.45, 2.75) is 44.2 Å². The molecule has 3 heteroatoms. The van der Waals surface area contributed by atoms with Gasteiger partial charge < -0.3 is 5.73 Å². The molecule has 1 rings (SSSR count). The molecule has 2 N–H and O–H groups in total. The lowest BCUT2D eigenvalue weighted by Crippen LogP contribution is -2.25. The first kappa shape index (κ1) is 14.9. The zero-order chi connectivity index (χ0) is 13.0. The summed E-state index contributed by atoms with van der Waals surface area (Å²) in [6.45, 7) is 8.83. The largest absolute Gasteiger partial charge is 0.327 e. The van der Waals surface area contributed by atoms with E-state index in [4.69, 9.17) is 17.3 Å². The van der Waals surface area contributed by atoms with Gasteiger partial charge in [-0.1, -0.05) is 44.5 Å². The molecular formula is C14H22ClNS. The van der Waals surface area contributed by atoms with Crippen molar-refractivity contribution in [1.29, 1.82) is 0 Å². The van der Waals surface area contributed by atoms with Crippen molar-refractivity contribution in [1.82, 2.24) is 0 Å². The van der Waals surface area contributed by atoms with Crippen molar-refractivity contribution in [3.63, 3.8) is 0 Å². The highest BCUT2D eigenvalue weighted by Gasteiger charge is 2.21. The lowest BCUT2D eigenvalue weighted by Gasteiger charge is -2.26. The first-order valence-corrected chi connectivity index (χ1v) is 7.40. The zero-order valence-corrected chi connectivity index (χ0v) is 12.6. The van der Waals surface area contributed by atoms with Crippen LogP contribution in [0, 0.1) is 5.92 Å². The second kappa shape index (κ2) is 6.67. The minimum atomic E-state index is 0.141. The summed E-state index contributed by atoms with van der Waals surface area (Å²) in [5.41, 5.74) is 7.37. The van der Waals surface area contributed by atoms with Gasteiger partial charge in [-0.2, -0.15) is 0 Å². The van der Waals surface area contributed by atoms with Crippen LogP contribution in [-0.4, -0.2) is 11.3 Å². The SMILES string of the molecule is CC(C)C(C)SC(c1ccc(Cl)cc1)C(C)N. The molecule has 0 aromatic heterocycles. The zero-order valence-electron chi connectivity index (χ0n) is 11.0. The van der Waals surface area contributed by atoms with Gasteiger partial charge in [-0.15, -0.1) is 11.8 Å². The van der Waals surface area contributed by atoms with E-state index in [1.165, 1.54) is 5.56 Å². The molecule has 0 amide bonds. The summed E-state index contributed by atoms with van der Waals surface area (Å²) in [7, 11) is 0. The molecule has 96 valence electrons. The van der Waals surface area contributed by atoms with Crippen LogP contribution in [0.4, 0.5) is 0 Å². The molecule has 0 radical (unpaired) electrons. The van der Waals surface area contributed by atoms with E-state index in [-0.39, 0.29) is 6.04 Å². The molecule has 0 aliphatic carbocycles. The molecule has 17 heavy (non-hydrogen) atoms. The Morgan fingerprint density at radius 2 is 1.59 bits per heavy atom. The van der Waals surface area contributed by atoms with Crippen molar-refractivity contribution in [3.05, 3.63) is 34.9 Å². The van der Waals surface area contributed by atoms with Crippen LogP contribution < -0.4 is 5.73 Å². The van der Waals surface area contributed by atoms with Crippen LogP contribution in [0.2, 0.25) is 5.02 Å². The molecule has 0 aliphatic rings. The van der Waals surface area contributed by atoms with Gasteiger partial charge in [0.2, 0.25) is 0 Å². The third-order valence-electron chi connectivity index (χ3n) is 2.98. The van der Waals surface area contributed by atoms with E-state index in [1.54, 1.807) is 0 Å². The molecule has 1 nitrogen and oxygen atoms in total. The van der Waals surface area contributed by atoms with E-state index in [9.17, 15) is 0 Å². The molecule has 0 heterocycles. The number of thioether (sulfide) groups is 1. The van der Waals surface area contributed by atoms with Gasteiger partial charge in [0.15, 0.2) is 0 Å².